The van der Waals surface area contributed by atoms with E-state index in [1.807, 2.05) is 12.1 Å². The predicted octanol–water partition coefficient (Wildman–Crippen LogP) is 3.92. The Morgan fingerprint density at radius 3 is 2.19 bits per heavy atom. The van der Waals surface area contributed by atoms with E-state index in [0.717, 1.165) is 5.56 Å². The number of nitrogens with one attached hydrogen (secondary N) is 2. The highest BCUT2D eigenvalue weighted by atomic mass is 35.5. The molecule has 21 heavy (non-hydrogen) atoms. The van der Waals surface area contributed by atoms with Crippen LogP contribution in [-0.4, -0.2) is 24.5 Å². The van der Waals surface area contributed by atoms with Gasteiger partial charge in [0.25, 0.3) is 0 Å². The van der Waals surface area contributed by atoms with Gasteiger partial charge < -0.3 is 10.6 Å². The monoisotopic (exact) mass is 310 g/mol. The van der Waals surface area contributed by atoms with Crippen LogP contribution < -0.4 is 10.6 Å². The van der Waals surface area contributed by atoms with Crippen molar-refractivity contribution in [3.05, 3.63) is 29.8 Å². The minimum atomic E-state index is -0.709. The summed E-state index contributed by atoms with van der Waals surface area (Å²) in [4.78, 5) is 22.6. The number of nitrogens with zero attached hydrogens (tertiary/aromatic N) is 2. The molecule has 2 N–H and O–H groups in total. The van der Waals surface area contributed by atoms with Crippen LogP contribution in [0.25, 0.3) is 0 Å². The summed E-state index contributed by atoms with van der Waals surface area (Å²) in [6.07, 6.45) is 0. The highest BCUT2D eigenvalue weighted by Crippen LogP contribution is 2.23. The second-order valence-corrected chi connectivity index (χ2v) is 5.76. The average Bonchev–Trinajstić information content (AvgIpc) is 2.42. The number of halogens is 1. The molecule has 1 aromatic rings. The van der Waals surface area contributed by atoms with Crippen LogP contribution in [0.3, 0.4) is 0 Å². The van der Waals surface area contributed by atoms with Gasteiger partial charge in [-0.25, -0.2) is 9.59 Å². The van der Waals surface area contributed by atoms with Crippen molar-refractivity contribution in [2.45, 2.75) is 26.2 Å². The first kappa shape index (κ1) is 17.1. The van der Waals surface area contributed by atoms with Crippen LogP contribution >= 0.6 is 11.6 Å². The molecule has 0 fully saturated rings. The third kappa shape index (κ3) is 6.35. The zero-order valence-electron chi connectivity index (χ0n) is 12.3. The second-order valence-electron chi connectivity index (χ2n) is 5.38. The van der Waals surface area contributed by atoms with Crippen LogP contribution in [0.2, 0.25) is 0 Å². The second kappa shape index (κ2) is 7.73. The van der Waals surface area contributed by atoms with Gasteiger partial charge in [0.2, 0.25) is 0 Å². The van der Waals surface area contributed by atoms with Gasteiger partial charge >= 0.3 is 12.1 Å². The molecule has 114 valence electrons. The summed E-state index contributed by atoms with van der Waals surface area (Å²) in [5.74, 6) is 0.271. The van der Waals surface area contributed by atoms with Crippen molar-refractivity contribution >= 4 is 29.4 Å². The van der Waals surface area contributed by atoms with Crippen LogP contribution in [0.1, 0.15) is 26.3 Å². The van der Waals surface area contributed by atoms with Crippen molar-refractivity contribution in [3.63, 3.8) is 0 Å². The maximum absolute atomic E-state index is 11.5. The van der Waals surface area contributed by atoms with Crippen LogP contribution in [0.15, 0.2) is 34.5 Å². The lowest BCUT2D eigenvalue weighted by molar-refractivity contribution is 0.245. The smallest absolute Gasteiger partial charge is 0.334 e. The average molecular weight is 311 g/mol. The van der Waals surface area contributed by atoms with E-state index in [1.54, 1.807) is 12.1 Å². The van der Waals surface area contributed by atoms with Crippen LogP contribution in [-0.2, 0) is 5.41 Å². The fraction of sp³-hybridized carbons (Fsp3) is 0.429. The molecule has 4 amide bonds. The van der Waals surface area contributed by atoms with Gasteiger partial charge in [-0.05, 0) is 23.1 Å². The number of hydrogen-bond donors (Lipinski definition) is 2. The molecule has 0 unspecified atom stereocenters. The molecule has 0 radical (unpaired) electrons. The first-order valence-electron chi connectivity index (χ1n) is 6.50. The van der Waals surface area contributed by atoms with Gasteiger partial charge in [-0.3, -0.25) is 0 Å². The topological polar surface area (TPSA) is 82.9 Å². The molecular formula is C14H19ClN4O2. The Kier molecular flexibility index (Phi) is 6.30. The van der Waals surface area contributed by atoms with E-state index in [-0.39, 0.29) is 17.8 Å². The fourth-order valence-corrected chi connectivity index (χ4v) is 1.58. The van der Waals surface area contributed by atoms with Gasteiger partial charge in [0, 0.05) is 18.1 Å². The van der Waals surface area contributed by atoms with Gasteiger partial charge in [0.05, 0.1) is 0 Å². The molecule has 7 heteroatoms. The number of hydrogen-bond acceptors (Lipinski definition) is 2. The van der Waals surface area contributed by atoms with Gasteiger partial charge in [0.1, 0.15) is 0 Å². The molecule has 1 rings (SSSR count). The van der Waals surface area contributed by atoms with Crippen molar-refractivity contribution in [2.75, 3.05) is 17.7 Å². The van der Waals surface area contributed by atoms with Gasteiger partial charge in [-0.2, -0.15) is 0 Å². The van der Waals surface area contributed by atoms with Gasteiger partial charge in [-0.15, -0.1) is 11.6 Å². The molecule has 0 aliphatic heterocycles. The largest absolute Gasteiger partial charge is 0.364 e. The first-order valence-corrected chi connectivity index (χ1v) is 7.03. The normalized spacial score (nSPS) is 11.4. The van der Waals surface area contributed by atoms with Crippen molar-refractivity contribution in [1.29, 1.82) is 0 Å². The van der Waals surface area contributed by atoms with E-state index in [0.29, 0.717) is 5.69 Å². The fourth-order valence-electron chi connectivity index (χ4n) is 1.48. The zero-order chi connectivity index (χ0) is 15.9. The van der Waals surface area contributed by atoms with Crippen LogP contribution in [0.4, 0.5) is 15.3 Å². The van der Waals surface area contributed by atoms with E-state index in [4.69, 9.17) is 11.6 Å². The number of carbonyl (C=O) groups excluding carboxylic acids is 2. The van der Waals surface area contributed by atoms with Crippen molar-refractivity contribution in [1.82, 2.24) is 5.32 Å². The standard InChI is InChI=1S/C14H19ClN4O2/c1-14(2,3)10-4-6-11(7-5-10)17-13(21)19-18-12(20)16-9-8-15/h4-7H,8-9H2,1-3H3,(H,16,20)(H,17,21). The summed E-state index contributed by atoms with van der Waals surface area (Å²) in [6, 6.07) is 6.01. The van der Waals surface area contributed by atoms with Crippen molar-refractivity contribution < 1.29 is 9.59 Å². The van der Waals surface area contributed by atoms with E-state index in [9.17, 15) is 9.59 Å². The Balaban J connectivity index is 2.55. The lowest BCUT2D eigenvalue weighted by atomic mass is 9.87. The molecule has 1 aromatic carbocycles. The van der Waals surface area contributed by atoms with Gasteiger partial charge in [-0.1, -0.05) is 43.1 Å². The molecule has 0 saturated heterocycles. The molecule has 0 aliphatic rings. The summed E-state index contributed by atoms with van der Waals surface area (Å²) in [5, 5.41) is 11.4. The number of benzene rings is 1. The number of alkyl halides is 1. The molecule has 0 aromatic heterocycles. The number of azo groups is 1. The van der Waals surface area contributed by atoms with E-state index in [1.165, 1.54) is 0 Å². The molecule has 0 atom stereocenters. The van der Waals surface area contributed by atoms with E-state index >= 15 is 0 Å². The SMILES string of the molecule is CC(C)(C)c1ccc(NC(=O)N=NC(=O)NCCCl)cc1. The molecule has 0 bridgehead atoms. The highest BCUT2D eigenvalue weighted by Gasteiger charge is 2.13. The maximum Gasteiger partial charge on any atom is 0.364 e. The lowest BCUT2D eigenvalue weighted by Crippen LogP contribution is -2.21. The Bertz CT molecular complexity index is 521. The van der Waals surface area contributed by atoms with Crippen molar-refractivity contribution in [2.24, 2.45) is 10.2 Å². The molecule has 6 nitrogen and oxygen atoms in total. The Morgan fingerprint density at radius 2 is 1.67 bits per heavy atom. The quantitative estimate of drug-likeness (QED) is 0.655. The third-order valence-electron chi connectivity index (χ3n) is 2.60. The summed E-state index contributed by atoms with van der Waals surface area (Å²) in [7, 11) is 0. The highest BCUT2D eigenvalue weighted by molar-refractivity contribution is 6.18. The van der Waals surface area contributed by atoms with Crippen molar-refractivity contribution in [3.8, 4) is 0 Å². The van der Waals surface area contributed by atoms with Crippen LogP contribution in [0.5, 0.6) is 0 Å². The minimum absolute atomic E-state index is 0.0444. The number of carbonyl (C=O) groups is 2. The third-order valence-corrected chi connectivity index (χ3v) is 2.79. The summed E-state index contributed by atoms with van der Waals surface area (Å²) in [5.41, 5.74) is 1.79. The summed E-state index contributed by atoms with van der Waals surface area (Å²) in [6.45, 7) is 6.59. The minimum Gasteiger partial charge on any atom is -0.334 e. The first-order chi connectivity index (χ1) is 9.82. The Hall–Kier alpha value is -1.95. The molecular weight excluding hydrogens is 292 g/mol. The predicted molar refractivity (Wildman–Crippen MR) is 83.1 cm³/mol. The van der Waals surface area contributed by atoms with Gasteiger partial charge in [0.15, 0.2) is 0 Å². The van der Waals surface area contributed by atoms with E-state index in [2.05, 4.69) is 41.6 Å². The van der Waals surface area contributed by atoms with Crippen LogP contribution in [0, 0.1) is 0 Å². The lowest BCUT2D eigenvalue weighted by Gasteiger charge is -2.19. The zero-order valence-corrected chi connectivity index (χ0v) is 13.1. The molecule has 0 saturated carbocycles. The maximum atomic E-state index is 11.5. The summed E-state index contributed by atoms with van der Waals surface area (Å²) >= 11 is 5.39. The van der Waals surface area contributed by atoms with E-state index < -0.39 is 12.1 Å². The number of amides is 4. The number of urea groups is 2. The molecule has 0 aliphatic carbocycles. The number of rotatable bonds is 3. The summed E-state index contributed by atoms with van der Waals surface area (Å²) < 4.78 is 0. The molecule has 0 heterocycles. The molecule has 0 spiro atoms. The number of anilines is 1. The Morgan fingerprint density at radius 1 is 1.10 bits per heavy atom. The Labute approximate surface area is 129 Å².